The lowest BCUT2D eigenvalue weighted by molar-refractivity contribution is 0.101. The van der Waals surface area contributed by atoms with Crippen molar-refractivity contribution in [3.8, 4) is 11.5 Å². The van der Waals surface area contributed by atoms with Gasteiger partial charge < -0.3 is 50.4 Å². The maximum atomic E-state index is 11.1. The van der Waals surface area contributed by atoms with Gasteiger partial charge in [0.25, 0.3) is 0 Å². The highest BCUT2D eigenvalue weighted by molar-refractivity contribution is 6.45. The number of halogens is 1. The van der Waals surface area contributed by atoms with Crippen LogP contribution in [0.25, 0.3) is 0 Å². The Morgan fingerprint density at radius 3 is 1.40 bits per heavy atom. The third kappa shape index (κ3) is 20.0. The largest absolute Gasteiger partial charge is 0.497 e. The zero-order chi connectivity index (χ0) is 46.6. The van der Waals surface area contributed by atoms with Gasteiger partial charge in [-0.3, -0.25) is 4.70 Å². The van der Waals surface area contributed by atoms with Crippen molar-refractivity contribution in [3.05, 3.63) is 130 Å². The van der Waals surface area contributed by atoms with Gasteiger partial charge >= 0.3 is 14.1 Å². The summed E-state index contributed by atoms with van der Waals surface area (Å²) in [6.07, 6.45) is 15.9. The molecule has 13 heteroatoms. The van der Waals surface area contributed by atoms with Crippen molar-refractivity contribution in [2.24, 2.45) is 17.6 Å². The summed E-state index contributed by atoms with van der Waals surface area (Å²) < 4.78 is 10.6. The highest BCUT2D eigenvalue weighted by Gasteiger charge is 2.27. The monoisotopic (exact) mass is 927 g/mol. The molecule has 0 aromatic heterocycles. The molecule has 4 aromatic carbocycles. The molecule has 370 valence electrons. The number of methoxy groups -OCH3 is 2. The number of hydrogen-bond donors (Lipinski definition) is 6. The molecule has 67 heavy (non-hydrogen) atoms. The van der Waals surface area contributed by atoms with E-state index in [9.17, 15) is 20.3 Å². The van der Waals surface area contributed by atoms with Crippen LogP contribution in [0.15, 0.2) is 97.1 Å². The van der Waals surface area contributed by atoms with Crippen molar-refractivity contribution in [3.63, 3.8) is 0 Å². The quantitative estimate of drug-likeness (QED) is 0.0402. The molecule has 0 aliphatic heterocycles. The van der Waals surface area contributed by atoms with Crippen LogP contribution in [0.1, 0.15) is 105 Å². The Morgan fingerprint density at radius 2 is 0.985 bits per heavy atom. The first kappa shape index (κ1) is 57.5. The lowest BCUT2D eigenvalue weighted by Crippen LogP contribution is -2.49. The molecule has 2 saturated carbocycles. The third-order valence-corrected chi connectivity index (χ3v) is 13.7. The Bertz CT molecular complexity index is 1950. The van der Waals surface area contributed by atoms with E-state index in [1.54, 1.807) is 27.9 Å². The molecule has 0 unspecified atom stereocenters. The Hall–Kier alpha value is -3.78. The molecule has 10 nitrogen and oxygen atoms in total. The third-order valence-electron chi connectivity index (χ3n) is 13.7. The zero-order valence-corrected chi connectivity index (χ0v) is 40.6. The number of nitrogens with one attached hydrogen (secondary N) is 1. The first-order valence-corrected chi connectivity index (χ1v) is 24.5. The zero-order valence-electron chi connectivity index (χ0n) is 40.6. The molecule has 7 N–H and O–H groups in total. The fourth-order valence-electron chi connectivity index (χ4n) is 9.76. The number of aliphatic hydroxyl groups excluding tert-OH is 2. The number of nitrogens with zero attached hydrogens (tertiary/aromatic N) is 2. The summed E-state index contributed by atoms with van der Waals surface area (Å²) in [5.41, 5.74) is 13.6. The Kier molecular flexibility index (Phi) is 26.3. The van der Waals surface area contributed by atoms with Crippen LogP contribution in [-0.2, 0) is 38.8 Å². The van der Waals surface area contributed by atoms with E-state index in [0.717, 1.165) is 53.7 Å². The molecule has 0 amide bonds. The van der Waals surface area contributed by atoms with Gasteiger partial charge in [-0.1, -0.05) is 144 Å². The van der Waals surface area contributed by atoms with Crippen LogP contribution in [-0.4, -0.2) is 103 Å². The van der Waals surface area contributed by atoms with Gasteiger partial charge in [0.15, 0.2) is 0 Å². The minimum Gasteiger partial charge on any atom is -0.497 e. The number of likely N-dealkylation sites (N-methyl/N-ethyl adjacent to an activating group) is 1. The maximum Gasteiger partial charge on any atom is 0.376 e. The van der Waals surface area contributed by atoms with Gasteiger partial charge in [0.1, 0.15) is 11.5 Å². The summed E-state index contributed by atoms with van der Waals surface area (Å²) in [4.78, 5) is 3.72. The van der Waals surface area contributed by atoms with E-state index in [1.807, 2.05) is 65.2 Å². The van der Waals surface area contributed by atoms with Crippen LogP contribution < -0.4 is 20.5 Å². The molecule has 0 radical (unpaired) electrons. The van der Waals surface area contributed by atoms with Crippen molar-refractivity contribution in [2.75, 3.05) is 34.4 Å². The molecule has 4 atom stereocenters. The number of benzene rings is 4. The lowest BCUT2D eigenvalue weighted by Gasteiger charge is -2.30. The number of rotatable bonds is 23. The van der Waals surface area contributed by atoms with Gasteiger partial charge in [0.2, 0.25) is 0 Å². The molecule has 2 aliphatic rings. The molecule has 0 bridgehead atoms. The average molecular weight is 927 g/mol. The van der Waals surface area contributed by atoms with Gasteiger partial charge in [0, 0.05) is 38.3 Å². The fourth-order valence-corrected chi connectivity index (χ4v) is 9.76. The molecule has 0 spiro atoms. The second-order valence-corrected chi connectivity index (χ2v) is 19.0. The van der Waals surface area contributed by atoms with Gasteiger partial charge in [-0.25, -0.2) is 0 Å². The Labute approximate surface area is 404 Å². The van der Waals surface area contributed by atoms with Crippen molar-refractivity contribution < 1.29 is 34.4 Å². The van der Waals surface area contributed by atoms with Crippen LogP contribution in [0.5, 0.6) is 11.5 Å². The summed E-state index contributed by atoms with van der Waals surface area (Å²) in [7, 11) is 3.83. The first-order chi connectivity index (χ1) is 31.4. The van der Waals surface area contributed by atoms with E-state index in [0.29, 0.717) is 32.6 Å². The standard InChI is InChI=1S/C27H41BN2O3.C26H39BN2O3.CH4.FH/c1-28(32)30(19-24-13-8-14-25(17-24)33-3)20-27(31)26(29-2)18-23-12-7-11-22(16-23)15-21-9-5-4-6-10-21;1-27(31)29(18-23-12-7-13-24(16-23)32-2)19-26(30)25(28)17-22-11-6-10-21(15-22)14-20-8-4-3-5-9-20;;/h7-8,11-14,16-17,21,26-27,29,31-32H,4-6,9-10,15,18-20H2,1-3H3;6-7,10-13,15-16,20,25-26,30-31H,3-5,8-9,14,17-19,28H2,1-2H3;1H4;1H/t26-,27+;25-,26+;;/m00../s1. The van der Waals surface area contributed by atoms with Crippen LogP contribution >= 0.6 is 0 Å². The first-order valence-electron chi connectivity index (χ1n) is 24.5. The van der Waals surface area contributed by atoms with Gasteiger partial charge in [-0.05, 0) is 116 Å². The minimum atomic E-state index is -0.739. The predicted octanol–water partition coefficient (Wildman–Crippen LogP) is 8.37. The summed E-state index contributed by atoms with van der Waals surface area (Å²) in [5.74, 6) is 3.18. The van der Waals surface area contributed by atoms with Crippen LogP contribution in [0, 0.1) is 11.8 Å². The second-order valence-electron chi connectivity index (χ2n) is 19.0. The van der Waals surface area contributed by atoms with Crippen molar-refractivity contribution in [1.29, 1.82) is 0 Å². The van der Waals surface area contributed by atoms with Gasteiger partial charge in [-0.15, -0.1) is 0 Å². The molecule has 2 fully saturated rings. The van der Waals surface area contributed by atoms with E-state index >= 15 is 0 Å². The molecular formula is C54H85B2FN4O6. The fraction of sp³-hybridized carbons (Fsp3) is 0.556. The summed E-state index contributed by atoms with van der Waals surface area (Å²) in [6.45, 7) is 5.19. The number of hydrogen-bond acceptors (Lipinski definition) is 10. The van der Waals surface area contributed by atoms with E-state index in [4.69, 9.17) is 15.2 Å². The van der Waals surface area contributed by atoms with E-state index in [1.165, 1.54) is 86.5 Å². The minimum absolute atomic E-state index is 0. The maximum absolute atomic E-state index is 11.1. The van der Waals surface area contributed by atoms with Crippen molar-refractivity contribution in [1.82, 2.24) is 14.9 Å². The van der Waals surface area contributed by atoms with Gasteiger partial charge in [-0.2, -0.15) is 0 Å². The highest BCUT2D eigenvalue weighted by Crippen LogP contribution is 2.29. The number of ether oxygens (including phenoxy) is 2. The highest BCUT2D eigenvalue weighted by atomic mass is 19.0. The molecule has 2 aliphatic carbocycles. The molecule has 0 heterocycles. The van der Waals surface area contributed by atoms with Crippen LogP contribution in [0.4, 0.5) is 4.70 Å². The van der Waals surface area contributed by atoms with Crippen molar-refractivity contribution in [2.45, 2.75) is 148 Å². The van der Waals surface area contributed by atoms with Crippen molar-refractivity contribution >= 4 is 14.1 Å². The summed E-state index contributed by atoms with van der Waals surface area (Å²) >= 11 is 0. The normalized spacial score (nSPS) is 16.1. The Balaban J connectivity index is 0.000000345. The lowest BCUT2D eigenvalue weighted by atomic mass is 9.83. The Morgan fingerprint density at radius 1 is 0.597 bits per heavy atom. The number of aliphatic hydroxyl groups is 2. The topological polar surface area (TPSA) is 144 Å². The van der Waals surface area contributed by atoms with Gasteiger partial charge in [0.05, 0.1) is 26.4 Å². The second kappa shape index (κ2) is 30.7. The molecule has 0 saturated heterocycles. The SMILES string of the molecule is C.CN[C@@H](Cc1cccc(CC2CCCCC2)c1)[C@H](O)CN(Cc1cccc(OC)c1)B(C)O.COc1cccc(CN(C[C@@H](O)[C@@H](N)Cc2cccc(CC3CCCCC3)c2)B(C)O)c1.F. The van der Waals surface area contributed by atoms with E-state index in [2.05, 4.69) is 53.8 Å². The summed E-state index contributed by atoms with van der Waals surface area (Å²) in [5, 5.41) is 45.8. The predicted molar refractivity (Wildman–Crippen MR) is 277 cm³/mol. The molecule has 4 aromatic rings. The smallest absolute Gasteiger partial charge is 0.376 e. The van der Waals surface area contributed by atoms with Crippen LogP contribution in [0.3, 0.4) is 0 Å². The average Bonchev–Trinajstić information content (AvgIpc) is 3.31. The van der Waals surface area contributed by atoms with E-state index < -0.39 is 32.4 Å². The summed E-state index contributed by atoms with van der Waals surface area (Å²) in [6, 6.07) is 32.6. The van der Waals surface area contributed by atoms with E-state index in [-0.39, 0.29) is 18.2 Å². The molecule has 6 rings (SSSR count). The molecular weight excluding hydrogens is 841 g/mol. The number of nitrogens with two attached hydrogens (primary N) is 1. The van der Waals surface area contributed by atoms with Crippen LogP contribution in [0.2, 0.25) is 13.6 Å².